The van der Waals surface area contributed by atoms with Crippen LogP contribution in [-0.4, -0.2) is 36.9 Å². The minimum atomic E-state index is -4.24. The first-order valence-corrected chi connectivity index (χ1v) is 11.2. The van der Waals surface area contributed by atoms with Crippen molar-refractivity contribution in [3.8, 4) is 0 Å². The number of nitrogens with two attached hydrogens (primary N) is 3. The molecule has 0 spiro atoms. The smallest absolute Gasteiger partial charge is 0.272 e. The average Bonchev–Trinajstić information content (AvgIpc) is 2.74. The molecule has 2 aromatic heterocycles. The summed E-state index contributed by atoms with van der Waals surface area (Å²) >= 11 is 0. The highest BCUT2D eigenvalue weighted by atomic mass is 32.2. The van der Waals surface area contributed by atoms with E-state index in [-0.39, 0.29) is 35.1 Å². The maximum absolute atomic E-state index is 13.3. The Hall–Kier alpha value is -4.13. The second-order valence-electron chi connectivity index (χ2n) is 7.14. The number of aromatic amines is 1. The number of primary amides is 1. The molecule has 3 rings (SSSR count). The molecule has 1 unspecified atom stereocenters. The minimum Gasteiger partial charge on any atom is -0.393 e. The molecule has 0 aliphatic heterocycles. The Morgan fingerprint density at radius 2 is 2.00 bits per heavy atom. The number of oxime groups is 1. The summed E-state index contributed by atoms with van der Waals surface area (Å²) in [5, 5.41) is 3.74. The van der Waals surface area contributed by atoms with Gasteiger partial charge in [-0.1, -0.05) is 6.07 Å². The number of guanidine groups is 1. The Labute approximate surface area is 188 Å². The maximum Gasteiger partial charge on any atom is 0.272 e. The van der Waals surface area contributed by atoms with Gasteiger partial charge in [-0.2, -0.15) is 0 Å². The Kier molecular flexibility index (Phi) is 6.82. The van der Waals surface area contributed by atoms with E-state index in [0.717, 1.165) is 0 Å². The second-order valence-corrected chi connectivity index (χ2v) is 8.79. The molecule has 12 nitrogen and oxygen atoms in total. The Bertz CT molecular complexity index is 1380. The summed E-state index contributed by atoms with van der Waals surface area (Å²) < 4.78 is 28.8. The lowest BCUT2D eigenvalue weighted by atomic mass is 9.94. The number of rotatable bonds is 9. The fourth-order valence-corrected chi connectivity index (χ4v) is 4.64. The third kappa shape index (κ3) is 5.38. The number of carbonyl (C=O) groups is 1. The van der Waals surface area contributed by atoms with Gasteiger partial charge in [-0.05, 0) is 54.4 Å². The second kappa shape index (κ2) is 9.56. The lowest BCUT2D eigenvalue weighted by Crippen LogP contribution is -2.29. The SMILES string of the molecule is Cc1cc(C(CCON=C(N)N)C(N)=O)c(NS(=O)(=O)c2cccc3ncccc23)c(=O)[nH]1. The molecule has 0 saturated heterocycles. The molecule has 8 N–H and O–H groups in total. The number of benzene rings is 1. The van der Waals surface area contributed by atoms with E-state index in [1.54, 1.807) is 25.1 Å². The van der Waals surface area contributed by atoms with Gasteiger partial charge in [0.05, 0.1) is 16.3 Å². The number of amides is 1. The number of sulfonamides is 1. The lowest BCUT2D eigenvalue weighted by molar-refractivity contribution is -0.119. The molecule has 1 amide bonds. The molecule has 2 heterocycles. The summed E-state index contributed by atoms with van der Waals surface area (Å²) in [4.78, 5) is 36.5. The molecule has 1 atom stereocenters. The molecule has 13 heteroatoms. The first kappa shape index (κ1) is 23.5. The third-order valence-electron chi connectivity index (χ3n) is 4.72. The first-order valence-electron chi connectivity index (χ1n) is 9.70. The molecular weight excluding hydrogens is 450 g/mol. The Balaban J connectivity index is 2.05. The van der Waals surface area contributed by atoms with Gasteiger partial charge in [-0.15, -0.1) is 0 Å². The highest BCUT2D eigenvalue weighted by molar-refractivity contribution is 7.93. The summed E-state index contributed by atoms with van der Waals surface area (Å²) in [6.45, 7) is 1.48. The topological polar surface area (TPSA) is 209 Å². The van der Waals surface area contributed by atoms with Gasteiger partial charge in [0.25, 0.3) is 15.6 Å². The molecule has 174 valence electrons. The van der Waals surface area contributed by atoms with E-state index in [0.29, 0.717) is 16.6 Å². The van der Waals surface area contributed by atoms with Gasteiger partial charge >= 0.3 is 0 Å². The summed E-state index contributed by atoms with van der Waals surface area (Å²) in [6.07, 6.45) is 1.53. The van der Waals surface area contributed by atoms with Crippen LogP contribution in [0.4, 0.5) is 5.69 Å². The normalized spacial score (nSPS) is 12.2. The predicted molar refractivity (Wildman–Crippen MR) is 123 cm³/mol. The molecule has 0 saturated carbocycles. The number of aromatic nitrogens is 2. The molecule has 0 bridgehead atoms. The summed E-state index contributed by atoms with van der Waals surface area (Å²) in [5.41, 5.74) is 15.8. The number of hydrogen-bond acceptors (Lipinski definition) is 7. The summed E-state index contributed by atoms with van der Waals surface area (Å²) in [5.74, 6) is -2.16. The van der Waals surface area contributed by atoms with Crippen molar-refractivity contribution in [1.29, 1.82) is 0 Å². The molecule has 1 aromatic carbocycles. The van der Waals surface area contributed by atoms with E-state index in [1.807, 2.05) is 0 Å². The van der Waals surface area contributed by atoms with E-state index in [1.165, 1.54) is 24.4 Å². The van der Waals surface area contributed by atoms with Gasteiger partial charge in [0.1, 0.15) is 12.3 Å². The van der Waals surface area contributed by atoms with Crippen molar-refractivity contribution >= 4 is 38.5 Å². The first-order chi connectivity index (χ1) is 15.6. The number of nitrogens with one attached hydrogen (secondary N) is 2. The van der Waals surface area contributed by atoms with E-state index < -0.39 is 27.4 Å². The predicted octanol–water partition coefficient (Wildman–Crippen LogP) is 0.196. The zero-order valence-electron chi connectivity index (χ0n) is 17.6. The third-order valence-corrected chi connectivity index (χ3v) is 6.12. The van der Waals surface area contributed by atoms with Crippen LogP contribution in [0.1, 0.15) is 23.6 Å². The monoisotopic (exact) mass is 473 g/mol. The van der Waals surface area contributed by atoms with E-state index in [2.05, 4.69) is 19.8 Å². The Morgan fingerprint density at radius 3 is 2.70 bits per heavy atom. The number of fused-ring (bicyclic) bond motifs is 1. The average molecular weight is 474 g/mol. The number of pyridine rings is 2. The van der Waals surface area contributed by atoms with Crippen LogP contribution in [0.5, 0.6) is 0 Å². The summed E-state index contributed by atoms with van der Waals surface area (Å²) in [6, 6.07) is 9.27. The number of aryl methyl sites for hydroxylation is 1. The molecule has 33 heavy (non-hydrogen) atoms. The van der Waals surface area contributed by atoms with Crippen LogP contribution in [0.2, 0.25) is 0 Å². The zero-order valence-corrected chi connectivity index (χ0v) is 18.4. The van der Waals surface area contributed by atoms with E-state index in [9.17, 15) is 18.0 Å². The van der Waals surface area contributed by atoms with Crippen LogP contribution in [0.15, 0.2) is 57.4 Å². The number of anilines is 1. The van der Waals surface area contributed by atoms with Crippen LogP contribution in [0.3, 0.4) is 0 Å². The van der Waals surface area contributed by atoms with Gasteiger partial charge in [0.2, 0.25) is 11.9 Å². The van der Waals surface area contributed by atoms with E-state index in [4.69, 9.17) is 22.0 Å². The largest absolute Gasteiger partial charge is 0.393 e. The fourth-order valence-electron chi connectivity index (χ4n) is 3.33. The van der Waals surface area contributed by atoms with Gasteiger partial charge in [0.15, 0.2) is 0 Å². The van der Waals surface area contributed by atoms with Crippen molar-refractivity contribution in [2.45, 2.75) is 24.2 Å². The summed E-state index contributed by atoms with van der Waals surface area (Å²) in [7, 11) is -4.24. The molecule has 0 fully saturated rings. The van der Waals surface area contributed by atoms with Gasteiger partial charge in [-0.25, -0.2) is 8.42 Å². The van der Waals surface area contributed by atoms with Gasteiger partial charge < -0.3 is 27.0 Å². The quantitative estimate of drug-likeness (QED) is 0.125. The lowest BCUT2D eigenvalue weighted by Gasteiger charge is -2.19. The van der Waals surface area contributed by atoms with Crippen LogP contribution in [0, 0.1) is 6.92 Å². The Morgan fingerprint density at radius 1 is 1.24 bits per heavy atom. The molecule has 0 aliphatic carbocycles. The highest BCUT2D eigenvalue weighted by Gasteiger charge is 2.27. The van der Waals surface area contributed by atoms with Gasteiger partial charge in [0, 0.05) is 17.3 Å². The van der Waals surface area contributed by atoms with Crippen molar-refractivity contribution < 1.29 is 18.0 Å². The van der Waals surface area contributed by atoms with E-state index >= 15 is 0 Å². The van der Waals surface area contributed by atoms with Crippen LogP contribution >= 0.6 is 0 Å². The number of carbonyl (C=O) groups excluding carboxylic acids is 1. The van der Waals surface area contributed by atoms with Gasteiger partial charge in [-0.3, -0.25) is 19.3 Å². The van der Waals surface area contributed by atoms with Crippen LogP contribution in [0.25, 0.3) is 10.9 Å². The van der Waals surface area contributed by atoms with Crippen molar-refractivity contribution in [2.75, 3.05) is 11.3 Å². The standard InChI is InChI=1S/C20H23N7O5S/c1-11-10-14(12(18(21)28)7-9-32-26-20(22)23)17(19(29)25-11)27-33(30,31)16-6-2-5-15-13(16)4-3-8-24-15/h2-6,8,10,12,27H,7,9H2,1H3,(H2,21,28)(H,25,29)(H4,22,23,26). The van der Waals surface area contributed by atoms with Crippen molar-refractivity contribution in [3.63, 3.8) is 0 Å². The van der Waals surface area contributed by atoms with Crippen molar-refractivity contribution in [3.05, 3.63) is 64.2 Å². The van der Waals surface area contributed by atoms with Crippen molar-refractivity contribution in [2.24, 2.45) is 22.4 Å². The molecular formula is C20H23N7O5S. The molecule has 3 aromatic rings. The van der Waals surface area contributed by atoms with Crippen LogP contribution in [-0.2, 0) is 19.7 Å². The molecule has 0 aliphatic rings. The molecule has 0 radical (unpaired) electrons. The minimum absolute atomic E-state index is 0.0120. The van der Waals surface area contributed by atoms with Crippen LogP contribution < -0.4 is 27.5 Å². The fraction of sp³-hybridized carbons (Fsp3) is 0.200. The maximum atomic E-state index is 13.3. The van der Waals surface area contributed by atoms with Crippen molar-refractivity contribution in [1.82, 2.24) is 9.97 Å². The highest BCUT2D eigenvalue weighted by Crippen LogP contribution is 2.29. The zero-order chi connectivity index (χ0) is 24.2. The number of nitrogens with zero attached hydrogens (tertiary/aromatic N) is 2. The number of H-pyrrole nitrogens is 1. The number of hydrogen-bond donors (Lipinski definition) is 5.